The van der Waals surface area contributed by atoms with Gasteiger partial charge in [0.25, 0.3) is 0 Å². The summed E-state index contributed by atoms with van der Waals surface area (Å²) in [6, 6.07) is 8.54. The van der Waals surface area contributed by atoms with Gasteiger partial charge in [0.15, 0.2) is 0 Å². The molecule has 202 valence electrons. The molecule has 38 heavy (non-hydrogen) atoms. The van der Waals surface area contributed by atoms with Gasteiger partial charge < -0.3 is 15.1 Å². The second kappa shape index (κ2) is 12.4. The molecular weight excluding hydrogens is 488 g/mol. The minimum atomic E-state index is 0.944. The molecule has 1 saturated heterocycles. The Bertz CT molecular complexity index is 1300. The van der Waals surface area contributed by atoms with E-state index in [0.717, 1.165) is 63.4 Å². The highest BCUT2D eigenvalue weighted by Gasteiger charge is 2.28. The second-order valence-corrected chi connectivity index (χ2v) is 12.0. The largest absolute Gasteiger partial charge is 0.340 e. The van der Waals surface area contributed by atoms with Gasteiger partial charge in [-0.3, -0.25) is 4.68 Å². The van der Waals surface area contributed by atoms with Crippen LogP contribution in [0.4, 0.5) is 5.69 Å². The number of aryl methyl sites for hydroxylation is 3. The normalized spacial score (nSPS) is 17.0. The Morgan fingerprint density at radius 1 is 1.13 bits per heavy atom. The monoisotopic (exact) mass is 530 g/mol. The third kappa shape index (κ3) is 6.28. The number of rotatable bonds is 8. The smallest absolute Gasteiger partial charge is 0.139 e. The predicted molar refractivity (Wildman–Crippen MR) is 162 cm³/mol. The van der Waals surface area contributed by atoms with Crippen LogP contribution < -0.4 is 5.32 Å². The molecule has 0 atom stereocenters. The Kier molecular flexibility index (Phi) is 8.77. The summed E-state index contributed by atoms with van der Waals surface area (Å²) in [6.07, 6.45) is 11.8. The number of allylic oxidation sites excluding steroid dienone is 1. The van der Waals surface area contributed by atoms with Crippen LogP contribution in [-0.2, 0) is 19.4 Å². The molecule has 1 aromatic carbocycles. The second-order valence-electron chi connectivity index (χ2n) is 10.7. The zero-order chi connectivity index (χ0) is 26.5. The number of anilines is 1. The summed E-state index contributed by atoms with van der Waals surface area (Å²) in [5.41, 5.74) is 7.56. The number of benzene rings is 1. The van der Waals surface area contributed by atoms with Crippen molar-refractivity contribution in [3.05, 3.63) is 70.0 Å². The van der Waals surface area contributed by atoms with Crippen LogP contribution in [0.3, 0.4) is 0 Å². The number of likely N-dealkylation sites (N-methyl/N-ethyl adjacent to an activating group) is 1. The van der Waals surface area contributed by atoms with Crippen LogP contribution in [-0.4, -0.2) is 65.2 Å². The fourth-order valence-corrected chi connectivity index (χ4v) is 6.74. The van der Waals surface area contributed by atoms with Crippen molar-refractivity contribution in [3.8, 4) is 10.4 Å². The van der Waals surface area contributed by atoms with E-state index in [4.69, 9.17) is 10.1 Å². The van der Waals surface area contributed by atoms with Gasteiger partial charge in [-0.15, -0.1) is 11.3 Å². The maximum absolute atomic E-state index is 5.03. The number of unbranched alkanes of at least 4 members (excludes halogenated alkanes) is 1. The summed E-state index contributed by atoms with van der Waals surface area (Å²) in [4.78, 5) is 12.7. The van der Waals surface area contributed by atoms with Gasteiger partial charge in [-0.2, -0.15) is 5.10 Å². The molecule has 0 radical (unpaired) electrons. The number of nitrogens with zero attached hydrogens (tertiary/aromatic N) is 5. The molecule has 7 heteroatoms. The van der Waals surface area contributed by atoms with Gasteiger partial charge in [0.2, 0.25) is 0 Å². The van der Waals surface area contributed by atoms with E-state index in [-0.39, 0.29) is 0 Å². The first-order chi connectivity index (χ1) is 18.5. The Labute approximate surface area is 232 Å². The molecule has 6 nitrogen and oxygen atoms in total. The molecule has 0 amide bonds. The van der Waals surface area contributed by atoms with Crippen LogP contribution in [0.25, 0.3) is 10.4 Å². The number of thiophene rings is 1. The van der Waals surface area contributed by atoms with E-state index in [2.05, 4.69) is 84.2 Å². The molecule has 1 aliphatic heterocycles. The van der Waals surface area contributed by atoms with Gasteiger partial charge in [-0.25, -0.2) is 4.99 Å². The van der Waals surface area contributed by atoms with Crippen molar-refractivity contribution in [1.82, 2.24) is 19.6 Å². The standard InChI is InChI=1S/C31H42N6S/c1-5-6-7-14-32-31(33-25-11-8-10-23(2)21-25)29-24(3)38-30-26(29)12-13-28-27(30)22-37(34-28)20-19-36-16-9-15-35(4)17-18-36/h7-8,10-11,14,21-22H,5-6,9,12-13,15-20H2,1-4H3,(H,32,33)/b14-7+. The average Bonchev–Trinajstić information content (AvgIpc) is 3.39. The van der Waals surface area contributed by atoms with E-state index >= 15 is 0 Å². The van der Waals surface area contributed by atoms with Gasteiger partial charge in [-0.1, -0.05) is 31.6 Å². The highest BCUT2D eigenvalue weighted by atomic mass is 32.1. The van der Waals surface area contributed by atoms with Gasteiger partial charge in [0, 0.05) is 58.6 Å². The highest BCUT2D eigenvalue weighted by Crippen LogP contribution is 2.42. The van der Waals surface area contributed by atoms with Crippen molar-refractivity contribution < 1.29 is 0 Å². The molecule has 0 spiro atoms. The number of aromatic nitrogens is 2. The lowest BCUT2D eigenvalue weighted by Crippen LogP contribution is -2.31. The number of aliphatic imine (C=N–C) groups is 1. The van der Waals surface area contributed by atoms with Crippen molar-refractivity contribution >= 4 is 22.9 Å². The fraction of sp³-hybridized carbons (Fsp3) is 0.484. The Morgan fingerprint density at radius 3 is 2.87 bits per heavy atom. The summed E-state index contributed by atoms with van der Waals surface area (Å²) in [5.74, 6) is 0.944. The molecule has 3 aromatic rings. The van der Waals surface area contributed by atoms with Gasteiger partial charge >= 0.3 is 0 Å². The van der Waals surface area contributed by atoms with Crippen LogP contribution in [0.5, 0.6) is 0 Å². The molecule has 5 rings (SSSR count). The predicted octanol–water partition coefficient (Wildman–Crippen LogP) is 6.14. The fourth-order valence-electron chi connectivity index (χ4n) is 5.51. The summed E-state index contributed by atoms with van der Waals surface area (Å²) >= 11 is 1.89. The van der Waals surface area contributed by atoms with Crippen molar-refractivity contribution in [2.75, 3.05) is 45.1 Å². The van der Waals surface area contributed by atoms with Crippen molar-refractivity contribution in [3.63, 3.8) is 0 Å². The molecule has 1 aliphatic carbocycles. The minimum Gasteiger partial charge on any atom is -0.340 e. The minimum absolute atomic E-state index is 0.944. The maximum Gasteiger partial charge on any atom is 0.139 e. The number of hydrogen-bond acceptors (Lipinski definition) is 5. The lowest BCUT2D eigenvalue weighted by molar-refractivity contribution is 0.262. The summed E-state index contributed by atoms with van der Waals surface area (Å²) in [7, 11) is 2.23. The average molecular weight is 531 g/mol. The zero-order valence-electron chi connectivity index (χ0n) is 23.5. The SMILES string of the molecule is CCC/C=C/N=C(Nc1cccc(C)c1)c1c(C)sc2c1CCc1nn(CCN3CCCN(C)CC3)cc1-2. The van der Waals surface area contributed by atoms with Gasteiger partial charge in [-0.05, 0) is 82.9 Å². The first kappa shape index (κ1) is 26.9. The topological polar surface area (TPSA) is 48.7 Å². The summed E-state index contributed by atoms with van der Waals surface area (Å²) < 4.78 is 2.19. The first-order valence-corrected chi connectivity index (χ1v) is 15.0. The number of nitrogens with one attached hydrogen (secondary N) is 1. The Balaban J connectivity index is 1.40. The van der Waals surface area contributed by atoms with Crippen LogP contribution in [0, 0.1) is 13.8 Å². The number of fused-ring (bicyclic) bond motifs is 3. The molecule has 0 unspecified atom stereocenters. The van der Waals surface area contributed by atoms with Gasteiger partial charge in [0.1, 0.15) is 5.84 Å². The quantitative estimate of drug-likeness (QED) is 0.281. The van der Waals surface area contributed by atoms with E-state index < -0.39 is 0 Å². The molecule has 1 N–H and O–H groups in total. The van der Waals surface area contributed by atoms with Crippen molar-refractivity contribution in [2.45, 2.75) is 59.4 Å². The van der Waals surface area contributed by atoms with E-state index in [1.807, 2.05) is 17.5 Å². The maximum atomic E-state index is 5.03. The van der Waals surface area contributed by atoms with E-state index in [1.54, 1.807) is 0 Å². The Morgan fingerprint density at radius 2 is 2.03 bits per heavy atom. The third-order valence-electron chi connectivity index (χ3n) is 7.62. The molecule has 3 heterocycles. The zero-order valence-corrected chi connectivity index (χ0v) is 24.3. The number of hydrogen-bond donors (Lipinski definition) is 1. The lowest BCUT2D eigenvalue weighted by Gasteiger charge is -2.19. The molecule has 2 aliphatic rings. The van der Waals surface area contributed by atoms with Crippen molar-refractivity contribution in [2.24, 2.45) is 4.99 Å². The lowest BCUT2D eigenvalue weighted by atomic mass is 9.93. The van der Waals surface area contributed by atoms with Crippen molar-refractivity contribution in [1.29, 1.82) is 0 Å². The summed E-state index contributed by atoms with van der Waals surface area (Å²) in [5, 5.41) is 8.69. The molecule has 2 aromatic heterocycles. The van der Waals surface area contributed by atoms with E-state index in [9.17, 15) is 0 Å². The highest BCUT2D eigenvalue weighted by molar-refractivity contribution is 7.16. The summed E-state index contributed by atoms with van der Waals surface area (Å²) in [6.45, 7) is 13.3. The Hall–Kier alpha value is -2.74. The number of amidine groups is 1. The molecular formula is C31H42N6S. The third-order valence-corrected chi connectivity index (χ3v) is 8.80. The molecule has 0 saturated carbocycles. The molecule has 1 fully saturated rings. The van der Waals surface area contributed by atoms with Gasteiger partial charge in [0.05, 0.1) is 12.2 Å². The van der Waals surface area contributed by atoms with Crippen LogP contribution in [0.2, 0.25) is 0 Å². The van der Waals surface area contributed by atoms with Crippen LogP contribution in [0.1, 0.15) is 53.4 Å². The van der Waals surface area contributed by atoms with Crippen LogP contribution in [0.15, 0.2) is 47.7 Å². The van der Waals surface area contributed by atoms with E-state index in [0.29, 0.717) is 0 Å². The van der Waals surface area contributed by atoms with E-state index in [1.165, 1.54) is 57.2 Å². The molecule has 0 bridgehead atoms. The van der Waals surface area contributed by atoms with Crippen LogP contribution >= 0.6 is 11.3 Å². The first-order valence-electron chi connectivity index (χ1n) is 14.2.